The predicted molar refractivity (Wildman–Crippen MR) is 152 cm³/mol. The lowest BCUT2D eigenvalue weighted by Gasteiger charge is -2.26. The number of rotatable bonds is 5. The number of nitrogens with one attached hydrogen (secondary N) is 2. The summed E-state index contributed by atoms with van der Waals surface area (Å²) in [6.07, 6.45) is 9.99. The average molecular weight is 531 g/mol. The van der Waals surface area contributed by atoms with Crippen molar-refractivity contribution in [2.75, 3.05) is 31.6 Å². The van der Waals surface area contributed by atoms with E-state index in [1.807, 2.05) is 52.9 Å². The quantitative estimate of drug-likeness (QED) is 0.498. The molecule has 3 aromatic rings. The van der Waals surface area contributed by atoms with Gasteiger partial charge in [-0.2, -0.15) is 4.98 Å². The van der Waals surface area contributed by atoms with E-state index < -0.39 is 0 Å². The fraction of sp³-hybridized carbons (Fsp3) is 0.533. The molecule has 3 fully saturated rings. The molecule has 39 heavy (non-hydrogen) atoms. The van der Waals surface area contributed by atoms with Crippen LogP contribution >= 0.6 is 0 Å². The molecule has 1 atom stereocenters. The van der Waals surface area contributed by atoms with Gasteiger partial charge in [-0.1, -0.05) is 43.5 Å². The molecular weight excluding hydrogens is 492 g/mol. The Balaban J connectivity index is 1.26. The van der Waals surface area contributed by atoms with Crippen molar-refractivity contribution in [3.63, 3.8) is 0 Å². The molecule has 9 heteroatoms. The first kappa shape index (κ1) is 25.8. The summed E-state index contributed by atoms with van der Waals surface area (Å²) in [6, 6.07) is 10.3. The number of aromatic nitrogens is 3. The van der Waals surface area contributed by atoms with Crippen molar-refractivity contribution >= 4 is 23.0 Å². The zero-order valence-electron chi connectivity index (χ0n) is 22.7. The van der Waals surface area contributed by atoms with Gasteiger partial charge in [-0.3, -0.25) is 9.36 Å². The Bertz CT molecular complexity index is 1390. The van der Waals surface area contributed by atoms with Gasteiger partial charge in [0.2, 0.25) is 5.95 Å². The number of carbonyl (C=O) groups excluding carboxylic acids is 1. The smallest absolute Gasteiger partial charge is 0.317 e. The van der Waals surface area contributed by atoms with Crippen LogP contribution in [-0.2, 0) is 4.74 Å². The van der Waals surface area contributed by atoms with Gasteiger partial charge >= 0.3 is 6.03 Å². The molecule has 2 N–H and O–H groups in total. The summed E-state index contributed by atoms with van der Waals surface area (Å²) in [5.74, 6) is 0.492. The number of likely N-dealkylation sites (tertiary alicyclic amines) is 1. The largest absolute Gasteiger partial charge is 0.381 e. The fourth-order valence-corrected chi connectivity index (χ4v) is 6.30. The number of urea groups is 1. The van der Waals surface area contributed by atoms with Crippen molar-refractivity contribution in [1.82, 2.24) is 24.8 Å². The number of ether oxygens (including phenoxy) is 1. The second-order valence-corrected chi connectivity index (χ2v) is 11.2. The maximum absolute atomic E-state index is 14.0. The van der Waals surface area contributed by atoms with E-state index in [1.54, 1.807) is 0 Å². The van der Waals surface area contributed by atoms with Crippen LogP contribution in [0.15, 0.2) is 41.3 Å². The molecule has 1 saturated carbocycles. The van der Waals surface area contributed by atoms with Crippen LogP contribution in [0.25, 0.3) is 22.2 Å². The summed E-state index contributed by atoms with van der Waals surface area (Å²) < 4.78 is 7.47. The highest BCUT2D eigenvalue weighted by atomic mass is 16.5. The minimum Gasteiger partial charge on any atom is -0.381 e. The SMILES string of the molecule is Cc1ccccc1-c1cc2cnc(NC3CCN(C(=O)NC4CCCCC4)C3)nc2n(C2CCOCC2)c1=O. The number of hydrogen-bond acceptors (Lipinski definition) is 6. The van der Waals surface area contributed by atoms with Crippen LogP contribution in [-0.4, -0.2) is 63.9 Å². The lowest BCUT2D eigenvalue weighted by molar-refractivity contribution is 0.0697. The number of aryl methyl sites for hydroxylation is 1. The van der Waals surface area contributed by atoms with Crippen LogP contribution < -0.4 is 16.2 Å². The Morgan fingerprint density at radius 1 is 1.00 bits per heavy atom. The molecular formula is C30H38N6O3. The molecule has 0 spiro atoms. The molecule has 2 amide bonds. The van der Waals surface area contributed by atoms with Gasteiger partial charge in [0, 0.05) is 61.6 Å². The van der Waals surface area contributed by atoms with E-state index in [2.05, 4.69) is 15.6 Å². The number of pyridine rings is 1. The summed E-state index contributed by atoms with van der Waals surface area (Å²) in [7, 11) is 0. The van der Waals surface area contributed by atoms with Crippen LogP contribution in [0.2, 0.25) is 0 Å². The molecule has 1 aromatic carbocycles. The van der Waals surface area contributed by atoms with Gasteiger partial charge in [0.1, 0.15) is 5.65 Å². The third-order valence-corrected chi connectivity index (χ3v) is 8.51. The Kier molecular flexibility index (Phi) is 7.50. The second kappa shape index (κ2) is 11.3. The van der Waals surface area contributed by atoms with Crippen molar-refractivity contribution < 1.29 is 9.53 Å². The third-order valence-electron chi connectivity index (χ3n) is 8.51. The van der Waals surface area contributed by atoms with E-state index in [1.165, 1.54) is 19.3 Å². The lowest BCUT2D eigenvalue weighted by atomic mass is 9.96. The van der Waals surface area contributed by atoms with Crippen LogP contribution in [0, 0.1) is 6.92 Å². The number of amides is 2. The zero-order chi connectivity index (χ0) is 26.8. The molecule has 0 radical (unpaired) electrons. The van der Waals surface area contributed by atoms with Gasteiger partial charge in [-0.15, -0.1) is 0 Å². The van der Waals surface area contributed by atoms with Crippen molar-refractivity contribution in [3.05, 3.63) is 52.4 Å². The van der Waals surface area contributed by atoms with Gasteiger partial charge < -0.3 is 20.3 Å². The van der Waals surface area contributed by atoms with E-state index in [4.69, 9.17) is 9.72 Å². The number of fused-ring (bicyclic) bond motifs is 1. The first-order valence-electron chi connectivity index (χ1n) is 14.4. The monoisotopic (exact) mass is 530 g/mol. The highest BCUT2D eigenvalue weighted by Gasteiger charge is 2.29. The van der Waals surface area contributed by atoms with Crippen LogP contribution in [0.3, 0.4) is 0 Å². The Labute approximate surface area is 229 Å². The number of carbonyl (C=O) groups is 1. The Hall–Kier alpha value is -3.46. The topological polar surface area (TPSA) is 101 Å². The van der Waals surface area contributed by atoms with E-state index >= 15 is 0 Å². The Morgan fingerprint density at radius 2 is 1.79 bits per heavy atom. The van der Waals surface area contributed by atoms with E-state index in [-0.39, 0.29) is 23.7 Å². The third kappa shape index (κ3) is 5.50. The maximum Gasteiger partial charge on any atom is 0.317 e. The van der Waals surface area contributed by atoms with Crippen molar-refractivity contribution in [3.8, 4) is 11.1 Å². The van der Waals surface area contributed by atoms with Gasteiger partial charge in [0.25, 0.3) is 5.56 Å². The van der Waals surface area contributed by atoms with Crippen LogP contribution in [0.5, 0.6) is 0 Å². The minimum atomic E-state index is -0.0280. The van der Waals surface area contributed by atoms with Gasteiger partial charge in [-0.25, -0.2) is 9.78 Å². The summed E-state index contributed by atoms with van der Waals surface area (Å²) in [4.78, 5) is 38.2. The highest BCUT2D eigenvalue weighted by molar-refractivity contribution is 5.82. The second-order valence-electron chi connectivity index (χ2n) is 11.2. The molecule has 0 bridgehead atoms. The number of anilines is 1. The van der Waals surface area contributed by atoms with Crippen LogP contribution in [0.4, 0.5) is 10.7 Å². The molecule has 2 aliphatic heterocycles. The minimum absolute atomic E-state index is 0.0194. The van der Waals surface area contributed by atoms with Crippen molar-refractivity contribution in [1.29, 1.82) is 0 Å². The van der Waals surface area contributed by atoms with Gasteiger partial charge in [0.15, 0.2) is 0 Å². The molecule has 6 rings (SSSR count). The van der Waals surface area contributed by atoms with Gasteiger partial charge in [0.05, 0.1) is 0 Å². The summed E-state index contributed by atoms with van der Waals surface area (Å²) in [5, 5.41) is 7.50. The lowest BCUT2D eigenvalue weighted by Crippen LogP contribution is -2.45. The van der Waals surface area contributed by atoms with E-state index in [9.17, 15) is 9.59 Å². The molecule has 206 valence electrons. The Morgan fingerprint density at radius 3 is 2.59 bits per heavy atom. The number of nitrogens with zero attached hydrogens (tertiary/aromatic N) is 4. The normalized spacial score (nSPS) is 20.8. The number of hydrogen-bond donors (Lipinski definition) is 2. The molecule has 3 aliphatic rings. The standard InChI is InChI=1S/C30H38N6O3/c1-20-7-5-6-10-25(20)26-17-21-18-31-29(34-27(21)36(28(26)37)24-12-15-39-16-13-24)32-23-11-14-35(19-23)30(38)33-22-8-3-2-4-9-22/h5-7,10,17-18,22-24H,2-4,8-9,11-16,19H2,1H3,(H,33,38)(H,31,32,34). The summed E-state index contributed by atoms with van der Waals surface area (Å²) in [5.41, 5.74) is 3.29. The molecule has 2 aromatic heterocycles. The van der Waals surface area contributed by atoms with E-state index in [0.29, 0.717) is 49.5 Å². The molecule has 9 nitrogen and oxygen atoms in total. The van der Waals surface area contributed by atoms with E-state index in [0.717, 1.165) is 48.6 Å². The zero-order valence-corrected chi connectivity index (χ0v) is 22.7. The van der Waals surface area contributed by atoms with Crippen molar-refractivity contribution in [2.24, 2.45) is 0 Å². The molecule has 4 heterocycles. The highest BCUT2D eigenvalue weighted by Crippen LogP contribution is 2.28. The summed E-state index contributed by atoms with van der Waals surface area (Å²) in [6.45, 7) is 4.60. The van der Waals surface area contributed by atoms with Crippen molar-refractivity contribution in [2.45, 2.75) is 76.4 Å². The molecule has 2 saturated heterocycles. The first-order valence-corrected chi connectivity index (χ1v) is 14.4. The first-order chi connectivity index (χ1) is 19.1. The average Bonchev–Trinajstić information content (AvgIpc) is 3.43. The van der Waals surface area contributed by atoms with Gasteiger partial charge in [-0.05, 0) is 56.2 Å². The summed E-state index contributed by atoms with van der Waals surface area (Å²) >= 11 is 0. The number of benzene rings is 1. The molecule has 1 aliphatic carbocycles. The van der Waals surface area contributed by atoms with Crippen LogP contribution in [0.1, 0.15) is 63.0 Å². The predicted octanol–water partition coefficient (Wildman–Crippen LogP) is 4.65. The molecule has 1 unspecified atom stereocenters. The maximum atomic E-state index is 14.0. The fourth-order valence-electron chi connectivity index (χ4n) is 6.30.